The minimum atomic E-state index is 0.151. The van der Waals surface area contributed by atoms with Crippen LogP contribution in [0.15, 0.2) is 52.9 Å². The fraction of sp³-hybridized carbons (Fsp3) is 0. The second-order valence-corrected chi connectivity index (χ2v) is 4.82. The monoisotopic (exact) mass is 276 g/mol. The molecule has 2 aromatic carbocycles. The highest BCUT2D eigenvalue weighted by molar-refractivity contribution is 6.09. The molecule has 4 rings (SSSR count). The van der Waals surface area contributed by atoms with Crippen LogP contribution < -0.4 is 11.5 Å². The average Bonchev–Trinajstić information content (AvgIpc) is 2.84. The van der Waals surface area contributed by atoms with Gasteiger partial charge >= 0.3 is 0 Å². The van der Waals surface area contributed by atoms with Gasteiger partial charge in [-0.15, -0.1) is 0 Å². The van der Waals surface area contributed by atoms with Crippen molar-refractivity contribution in [3.05, 3.63) is 48.5 Å². The van der Waals surface area contributed by atoms with Gasteiger partial charge in [0, 0.05) is 22.4 Å². The molecule has 0 aliphatic heterocycles. The second kappa shape index (κ2) is 4.21. The van der Waals surface area contributed by atoms with E-state index in [-0.39, 0.29) is 5.95 Å². The Hall–Kier alpha value is -3.08. The summed E-state index contributed by atoms with van der Waals surface area (Å²) in [5.41, 5.74) is 14.6. The molecule has 4 aromatic rings. The summed E-state index contributed by atoms with van der Waals surface area (Å²) in [6, 6.07) is 15.5. The predicted molar refractivity (Wildman–Crippen MR) is 83.6 cm³/mol. The number of nitrogen functional groups attached to an aromatic ring is 2. The van der Waals surface area contributed by atoms with Crippen molar-refractivity contribution in [1.29, 1.82) is 0 Å². The van der Waals surface area contributed by atoms with E-state index >= 15 is 0 Å². The molecule has 0 saturated heterocycles. The number of para-hydroxylation sites is 2. The van der Waals surface area contributed by atoms with Gasteiger partial charge in [-0.3, -0.25) is 0 Å². The number of fused-ring (bicyclic) bond motifs is 3. The molecule has 0 bridgehead atoms. The Bertz CT molecular complexity index is 954. The van der Waals surface area contributed by atoms with Crippen LogP contribution in [0.1, 0.15) is 0 Å². The third-order valence-corrected chi connectivity index (χ3v) is 3.44. The van der Waals surface area contributed by atoms with Crippen LogP contribution >= 0.6 is 0 Å². The van der Waals surface area contributed by atoms with Gasteiger partial charge in [-0.25, -0.2) is 4.98 Å². The summed E-state index contributed by atoms with van der Waals surface area (Å²) in [4.78, 5) is 8.15. The summed E-state index contributed by atoms with van der Waals surface area (Å²) in [5, 5.41) is 2.11. The Balaban J connectivity index is 2.09. The normalized spacial score (nSPS) is 11.2. The number of nitrogens with two attached hydrogens (primary N) is 2. The number of aromatic nitrogens is 2. The summed E-state index contributed by atoms with van der Waals surface area (Å²) in [7, 11) is 0. The van der Waals surface area contributed by atoms with E-state index in [2.05, 4.69) is 9.97 Å². The Kier molecular flexibility index (Phi) is 2.35. The quantitative estimate of drug-likeness (QED) is 0.557. The summed E-state index contributed by atoms with van der Waals surface area (Å²) in [5.74, 6) is 0.490. The Morgan fingerprint density at radius 1 is 0.857 bits per heavy atom. The van der Waals surface area contributed by atoms with Crippen LogP contribution in [0.3, 0.4) is 0 Å². The van der Waals surface area contributed by atoms with Crippen molar-refractivity contribution < 1.29 is 4.42 Å². The molecular formula is C16H12N4O. The van der Waals surface area contributed by atoms with Gasteiger partial charge in [0.25, 0.3) is 0 Å². The van der Waals surface area contributed by atoms with E-state index in [0.717, 1.165) is 27.5 Å². The van der Waals surface area contributed by atoms with Crippen LogP contribution in [0.25, 0.3) is 33.2 Å². The lowest BCUT2D eigenvalue weighted by Gasteiger charge is -2.03. The smallest absolute Gasteiger partial charge is 0.222 e. The largest absolute Gasteiger partial charge is 0.455 e. The van der Waals surface area contributed by atoms with E-state index in [9.17, 15) is 0 Å². The topological polar surface area (TPSA) is 91.0 Å². The van der Waals surface area contributed by atoms with Gasteiger partial charge < -0.3 is 15.9 Å². The van der Waals surface area contributed by atoms with Crippen LogP contribution in [-0.4, -0.2) is 9.97 Å². The van der Waals surface area contributed by atoms with Gasteiger partial charge in [-0.2, -0.15) is 4.98 Å². The molecule has 5 heteroatoms. The van der Waals surface area contributed by atoms with Gasteiger partial charge in [0.15, 0.2) is 0 Å². The van der Waals surface area contributed by atoms with Crippen molar-refractivity contribution >= 4 is 33.7 Å². The molecule has 0 atom stereocenters. The number of anilines is 2. The maximum absolute atomic E-state index is 5.98. The summed E-state index contributed by atoms with van der Waals surface area (Å²) in [6.45, 7) is 0. The van der Waals surface area contributed by atoms with E-state index < -0.39 is 0 Å². The van der Waals surface area contributed by atoms with E-state index in [0.29, 0.717) is 11.5 Å². The van der Waals surface area contributed by atoms with Crippen LogP contribution in [0.5, 0.6) is 0 Å². The summed E-state index contributed by atoms with van der Waals surface area (Å²) < 4.78 is 5.98. The van der Waals surface area contributed by atoms with E-state index in [4.69, 9.17) is 15.9 Å². The zero-order valence-corrected chi connectivity index (χ0v) is 11.1. The highest BCUT2D eigenvalue weighted by atomic mass is 16.3. The lowest BCUT2D eigenvalue weighted by atomic mass is 10.1. The van der Waals surface area contributed by atoms with Crippen molar-refractivity contribution in [2.45, 2.75) is 0 Å². The molecule has 0 saturated carbocycles. The first-order valence-corrected chi connectivity index (χ1v) is 6.53. The van der Waals surface area contributed by atoms with E-state index in [1.807, 2.05) is 42.5 Å². The number of hydrogen-bond acceptors (Lipinski definition) is 5. The molecule has 2 aromatic heterocycles. The molecule has 0 aliphatic rings. The molecule has 4 N–H and O–H groups in total. The highest BCUT2D eigenvalue weighted by Gasteiger charge is 2.13. The molecule has 0 radical (unpaired) electrons. The van der Waals surface area contributed by atoms with Crippen molar-refractivity contribution in [2.75, 3.05) is 11.5 Å². The van der Waals surface area contributed by atoms with Crippen molar-refractivity contribution in [1.82, 2.24) is 9.97 Å². The predicted octanol–water partition coefficient (Wildman–Crippen LogP) is 3.21. The Labute approximate surface area is 120 Å². The van der Waals surface area contributed by atoms with E-state index in [1.54, 1.807) is 6.07 Å². The maximum atomic E-state index is 5.98. The first-order valence-electron chi connectivity index (χ1n) is 6.53. The van der Waals surface area contributed by atoms with Crippen LogP contribution in [0.4, 0.5) is 11.8 Å². The van der Waals surface area contributed by atoms with Gasteiger partial charge in [-0.1, -0.05) is 30.3 Å². The number of rotatable bonds is 1. The molecule has 0 aliphatic carbocycles. The molecule has 0 spiro atoms. The Morgan fingerprint density at radius 2 is 1.67 bits per heavy atom. The fourth-order valence-corrected chi connectivity index (χ4v) is 2.57. The molecule has 0 amide bonds. The standard InChI is InChI=1S/C16H12N4O/c17-14-8-12(19-16(18)20-14)11-6-3-5-10-9-4-1-2-7-13(9)21-15(10)11/h1-8H,(H4,17,18,19,20). The maximum Gasteiger partial charge on any atom is 0.222 e. The number of furan rings is 1. The minimum Gasteiger partial charge on any atom is -0.455 e. The molecule has 21 heavy (non-hydrogen) atoms. The first kappa shape index (κ1) is 11.7. The first-order chi connectivity index (χ1) is 10.2. The average molecular weight is 276 g/mol. The van der Waals surface area contributed by atoms with E-state index in [1.165, 1.54) is 0 Å². The van der Waals surface area contributed by atoms with Gasteiger partial charge in [0.05, 0.1) is 5.69 Å². The van der Waals surface area contributed by atoms with Gasteiger partial charge in [-0.05, 0) is 12.1 Å². The third-order valence-electron chi connectivity index (χ3n) is 3.44. The molecule has 5 nitrogen and oxygen atoms in total. The third kappa shape index (κ3) is 1.79. The lowest BCUT2D eigenvalue weighted by Crippen LogP contribution is -2.00. The van der Waals surface area contributed by atoms with Gasteiger partial charge in [0.1, 0.15) is 17.0 Å². The minimum absolute atomic E-state index is 0.151. The highest BCUT2D eigenvalue weighted by Crippen LogP contribution is 2.35. The van der Waals surface area contributed by atoms with Crippen molar-refractivity contribution in [3.63, 3.8) is 0 Å². The molecule has 2 heterocycles. The van der Waals surface area contributed by atoms with Gasteiger partial charge in [0.2, 0.25) is 5.95 Å². The SMILES string of the molecule is Nc1cc(-c2cccc3c2oc2ccccc23)nc(N)n1. The molecule has 102 valence electrons. The summed E-state index contributed by atoms with van der Waals surface area (Å²) >= 11 is 0. The Morgan fingerprint density at radius 3 is 2.52 bits per heavy atom. The molecular weight excluding hydrogens is 264 g/mol. The summed E-state index contributed by atoms with van der Waals surface area (Å²) in [6.07, 6.45) is 0. The number of hydrogen-bond donors (Lipinski definition) is 2. The zero-order chi connectivity index (χ0) is 14.4. The van der Waals surface area contributed by atoms with Crippen molar-refractivity contribution in [2.24, 2.45) is 0 Å². The van der Waals surface area contributed by atoms with Crippen LogP contribution in [0, 0.1) is 0 Å². The molecule has 0 fully saturated rings. The van der Waals surface area contributed by atoms with Crippen molar-refractivity contribution in [3.8, 4) is 11.3 Å². The van der Waals surface area contributed by atoms with Crippen LogP contribution in [-0.2, 0) is 0 Å². The lowest BCUT2D eigenvalue weighted by molar-refractivity contribution is 0.670. The zero-order valence-electron chi connectivity index (χ0n) is 11.1. The van der Waals surface area contributed by atoms with Crippen LogP contribution in [0.2, 0.25) is 0 Å². The second-order valence-electron chi connectivity index (χ2n) is 4.82. The fourth-order valence-electron chi connectivity index (χ4n) is 2.57. The number of benzene rings is 2. The number of nitrogens with zero attached hydrogens (tertiary/aromatic N) is 2. The molecule has 0 unspecified atom stereocenters.